The maximum absolute atomic E-state index is 12.5. The van der Waals surface area contributed by atoms with Gasteiger partial charge in [0.25, 0.3) is 0 Å². The summed E-state index contributed by atoms with van der Waals surface area (Å²) >= 11 is 0. The van der Waals surface area contributed by atoms with Crippen LogP contribution in [0.1, 0.15) is 31.2 Å². The van der Waals surface area contributed by atoms with Crippen LogP contribution in [0.15, 0.2) is 23.1 Å². The van der Waals surface area contributed by atoms with E-state index in [4.69, 9.17) is 4.74 Å². The van der Waals surface area contributed by atoms with E-state index in [9.17, 15) is 8.42 Å². The molecule has 1 saturated heterocycles. The lowest BCUT2D eigenvalue weighted by molar-refractivity contribution is 0.199. The standard InChI is InChI=1S/C16H24N2O3S/c1-12-11-15(5-6-16(12)21-2)22(19,20)17-13-7-9-18(10-8-13)14-3-4-14/h5-6,11,13-14,17H,3-4,7-10H2,1-2H3. The van der Waals surface area contributed by atoms with Crippen molar-refractivity contribution in [2.75, 3.05) is 20.2 Å². The summed E-state index contributed by atoms with van der Waals surface area (Å²) < 4.78 is 33.1. The number of rotatable bonds is 5. The highest BCUT2D eigenvalue weighted by atomic mass is 32.2. The third-order valence-electron chi connectivity index (χ3n) is 4.59. The molecule has 1 aromatic rings. The molecule has 0 atom stereocenters. The van der Waals surface area contributed by atoms with E-state index in [2.05, 4.69) is 9.62 Å². The Bertz CT molecular complexity index is 633. The molecule has 122 valence electrons. The summed E-state index contributed by atoms with van der Waals surface area (Å²) in [6, 6.07) is 5.79. The molecule has 0 spiro atoms. The number of nitrogens with zero attached hydrogens (tertiary/aromatic N) is 1. The Balaban J connectivity index is 1.64. The van der Waals surface area contributed by atoms with Crippen molar-refractivity contribution < 1.29 is 13.2 Å². The summed E-state index contributed by atoms with van der Waals surface area (Å²) in [4.78, 5) is 2.80. The third-order valence-corrected chi connectivity index (χ3v) is 6.11. The van der Waals surface area contributed by atoms with Gasteiger partial charge in [-0.05, 0) is 69.5 Å². The van der Waals surface area contributed by atoms with Crippen LogP contribution in [0, 0.1) is 6.92 Å². The second-order valence-corrected chi connectivity index (χ2v) is 8.01. The van der Waals surface area contributed by atoms with Gasteiger partial charge in [-0.2, -0.15) is 0 Å². The quantitative estimate of drug-likeness (QED) is 0.899. The predicted octanol–water partition coefficient (Wildman–Crippen LogP) is 1.91. The molecule has 1 heterocycles. The van der Waals surface area contributed by atoms with Crippen molar-refractivity contribution >= 4 is 10.0 Å². The van der Waals surface area contributed by atoms with Crippen LogP contribution in [0.2, 0.25) is 0 Å². The summed E-state index contributed by atoms with van der Waals surface area (Å²) in [6.45, 7) is 3.85. The van der Waals surface area contributed by atoms with Gasteiger partial charge in [-0.1, -0.05) is 0 Å². The molecule has 0 bridgehead atoms. The summed E-state index contributed by atoms with van der Waals surface area (Å²) in [7, 11) is -1.87. The number of sulfonamides is 1. The molecule has 0 aromatic heterocycles. The number of ether oxygens (including phenoxy) is 1. The van der Waals surface area contributed by atoms with Crippen LogP contribution in [-0.4, -0.2) is 45.6 Å². The smallest absolute Gasteiger partial charge is 0.240 e. The van der Waals surface area contributed by atoms with Gasteiger partial charge in [0.05, 0.1) is 12.0 Å². The lowest BCUT2D eigenvalue weighted by Crippen LogP contribution is -2.45. The first-order chi connectivity index (χ1) is 10.5. The minimum Gasteiger partial charge on any atom is -0.496 e. The molecule has 1 saturated carbocycles. The molecule has 1 aliphatic heterocycles. The zero-order valence-corrected chi connectivity index (χ0v) is 14.0. The average Bonchev–Trinajstić information content (AvgIpc) is 3.32. The van der Waals surface area contributed by atoms with Gasteiger partial charge in [0.1, 0.15) is 5.75 Å². The number of benzene rings is 1. The van der Waals surface area contributed by atoms with E-state index in [1.54, 1.807) is 25.3 Å². The Morgan fingerprint density at radius 3 is 2.41 bits per heavy atom. The number of hydrogen-bond donors (Lipinski definition) is 1. The molecule has 5 nitrogen and oxygen atoms in total. The monoisotopic (exact) mass is 324 g/mol. The molecule has 22 heavy (non-hydrogen) atoms. The van der Waals surface area contributed by atoms with Crippen LogP contribution < -0.4 is 9.46 Å². The molecule has 0 unspecified atom stereocenters. The Hall–Kier alpha value is -1.11. The molecule has 3 rings (SSSR count). The van der Waals surface area contributed by atoms with Crippen LogP contribution in [0.3, 0.4) is 0 Å². The van der Waals surface area contributed by atoms with E-state index in [0.29, 0.717) is 10.6 Å². The number of methoxy groups -OCH3 is 1. The third kappa shape index (κ3) is 3.45. The van der Waals surface area contributed by atoms with E-state index in [0.717, 1.165) is 37.5 Å². The highest BCUT2D eigenvalue weighted by molar-refractivity contribution is 7.89. The second-order valence-electron chi connectivity index (χ2n) is 6.29. The fourth-order valence-electron chi connectivity index (χ4n) is 3.13. The summed E-state index contributed by atoms with van der Waals surface area (Å²) in [5.74, 6) is 0.705. The van der Waals surface area contributed by atoms with Crippen molar-refractivity contribution in [2.45, 2.75) is 49.6 Å². The molecular weight excluding hydrogens is 300 g/mol. The molecular formula is C16H24N2O3S. The average molecular weight is 324 g/mol. The van der Waals surface area contributed by atoms with Crippen LogP contribution in [0.5, 0.6) is 5.75 Å². The first-order valence-electron chi connectivity index (χ1n) is 7.90. The Morgan fingerprint density at radius 2 is 1.86 bits per heavy atom. The molecule has 2 aliphatic rings. The van der Waals surface area contributed by atoms with Crippen LogP contribution in [0.25, 0.3) is 0 Å². The summed E-state index contributed by atoms with van der Waals surface area (Å²) in [5.41, 5.74) is 0.828. The van der Waals surface area contributed by atoms with Gasteiger partial charge < -0.3 is 9.64 Å². The fraction of sp³-hybridized carbons (Fsp3) is 0.625. The number of nitrogens with one attached hydrogen (secondary N) is 1. The summed E-state index contributed by atoms with van der Waals surface area (Å²) in [5, 5.41) is 0. The molecule has 1 aromatic carbocycles. The molecule has 6 heteroatoms. The lowest BCUT2D eigenvalue weighted by Gasteiger charge is -2.32. The molecule has 1 N–H and O–H groups in total. The van der Waals surface area contributed by atoms with Gasteiger partial charge in [-0.25, -0.2) is 13.1 Å². The zero-order valence-electron chi connectivity index (χ0n) is 13.2. The van der Waals surface area contributed by atoms with Crippen molar-refractivity contribution in [2.24, 2.45) is 0 Å². The minimum absolute atomic E-state index is 0.0439. The van der Waals surface area contributed by atoms with Crippen molar-refractivity contribution in [1.29, 1.82) is 0 Å². The van der Waals surface area contributed by atoms with Gasteiger partial charge in [-0.3, -0.25) is 0 Å². The van der Waals surface area contributed by atoms with Crippen molar-refractivity contribution in [3.05, 3.63) is 23.8 Å². The highest BCUT2D eigenvalue weighted by Gasteiger charge is 2.33. The van der Waals surface area contributed by atoms with E-state index in [1.165, 1.54) is 12.8 Å². The van der Waals surface area contributed by atoms with Gasteiger partial charge in [0, 0.05) is 12.1 Å². The molecule has 1 aliphatic carbocycles. The Labute approximate surface area is 132 Å². The van der Waals surface area contributed by atoms with E-state index in [1.807, 2.05) is 6.92 Å². The topological polar surface area (TPSA) is 58.6 Å². The van der Waals surface area contributed by atoms with Crippen LogP contribution >= 0.6 is 0 Å². The lowest BCUT2D eigenvalue weighted by atomic mass is 10.1. The predicted molar refractivity (Wildman–Crippen MR) is 85.7 cm³/mol. The van der Waals surface area contributed by atoms with E-state index >= 15 is 0 Å². The van der Waals surface area contributed by atoms with Crippen molar-refractivity contribution in [1.82, 2.24) is 9.62 Å². The second kappa shape index (κ2) is 6.18. The van der Waals surface area contributed by atoms with E-state index < -0.39 is 10.0 Å². The minimum atomic E-state index is -3.45. The zero-order chi connectivity index (χ0) is 15.7. The summed E-state index contributed by atoms with van der Waals surface area (Å²) in [6.07, 6.45) is 4.40. The highest BCUT2D eigenvalue weighted by Crippen LogP contribution is 2.29. The number of hydrogen-bond acceptors (Lipinski definition) is 4. The molecule has 0 radical (unpaired) electrons. The normalized spacial score (nSPS) is 21.0. The largest absolute Gasteiger partial charge is 0.496 e. The van der Waals surface area contributed by atoms with E-state index in [-0.39, 0.29) is 6.04 Å². The molecule has 2 fully saturated rings. The fourth-order valence-corrected chi connectivity index (χ4v) is 4.52. The van der Waals surface area contributed by atoms with Gasteiger partial charge >= 0.3 is 0 Å². The van der Waals surface area contributed by atoms with Crippen molar-refractivity contribution in [3.8, 4) is 5.75 Å². The van der Waals surface area contributed by atoms with Crippen molar-refractivity contribution in [3.63, 3.8) is 0 Å². The van der Waals surface area contributed by atoms with Crippen LogP contribution in [0.4, 0.5) is 0 Å². The van der Waals surface area contributed by atoms with Gasteiger partial charge in [0.2, 0.25) is 10.0 Å². The SMILES string of the molecule is COc1ccc(S(=O)(=O)NC2CCN(C3CC3)CC2)cc1C. The Kier molecular flexibility index (Phi) is 4.43. The maximum atomic E-state index is 12.5. The number of aryl methyl sites for hydroxylation is 1. The number of piperidine rings is 1. The van der Waals surface area contributed by atoms with Gasteiger partial charge in [0.15, 0.2) is 0 Å². The maximum Gasteiger partial charge on any atom is 0.240 e. The first kappa shape index (κ1) is 15.8. The number of likely N-dealkylation sites (tertiary alicyclic amines) is 1. The Morgan fingerprint density at radius 1 is 1.18 bits per heavy atom. The molecule has 0 amide bonds. The van der Waals surface area contributed by atoms with Gasteiger partial charge in [-0.15, -0.1) is 0 Å². The first-order valence-corrected chi connectivity index (χ1v) is 9.39. The van der Waals surface area contributed by atoms with Crippen LogP contribution in [-0.2, 0) is 10.0 Å².